The van der Waals surface area contributed by atoms with Gasteiger partial charge in [-0.25, -0.2) is 0 Å². The van der Waals surface area contributed by atoms with Gasteiger partial charge < -0.3 is 10.1 Å². The van der Waals surface area contributed by atoms with Gasteiger partial charge in [-0.1, -0.05) is 24.3 Å². The van der Waals surface area contributed by atoms with Crippen LogP contribution in [0.5, 0.6) is 5.75 Å². The number of thioether (sulfide) groups is 1. The zero-order valence-electron chi connectivity index (χ0n) is 14.7. The van der Waals surface area contributed by atoms with Gasteiger partial charge in [0.1, 0.15) is 18.4 Å². The number of nitrogens with one attached hydrogen (secondary N) is 1. The van der Waals surface area contributed by atoms with Crippen molar-refractivity contribution >= 4 is 33.9 Å². The highest BCUT2D eigenvalue weighted by atomic mass is 32.2. The van der Waals surface area contributed by atoms with Crippen LogP contribution in [-0.4, -0.2) is 46.3 Å². The van der Waals surface area contributed by atoms with E-state index in [1.807, 2.05) is 12.1 Å². The van der Waals surface area contributed by atoms with Crippen molar-refractivity contribution in [2.75, 3.05) is 13.2 Å². The molecule has 2 aliphatic heterocycles. The van der Waals surface area contributed by atoms with Crippen molar-refractivity contribution in [3.8, 4) is 5.75 Å². The average molecular weight is 396 g/mol. The quantitative estimate of drug-likeness (QED) is 0.753. The van der Waals surface area contributed by atoms with E-state index in [4.69, 9.17) is 4.74 Å². The lowest BCUT2D eigenvalue weighted by atomic mass is 10.1. The number of carbonyl (C=O) groups is 4. The summed E-state index contributed by atoms with van der Waals surface area (Å²) < 4.78 is 5.64. The highest BCUT2D eigenvalue weighted by Gasteiger charge is 2.34. The number of nitrogens with zero attached hydrogens (tertiary/aromatic N) is 1. The Morgan fingerprint density at radius 3 is 2.14 bits per heavy atom. The predicted octanol–water partition coefficient (Wildman–Crippen LogP) is 2.26. The molecule has 8 heteroatoms. The minimum absolute atomic E-state index is 0.161. The fraction of sp³-hybridized carbons (Fsp3) is 0.200. The van der Waals surface area contributed by atoms with Gasteiger partial charge >= 0.3 is 0 Å². The molecule has 142 valence electrons. The summed E-state index contributed by atoms with van der Waals surface area (Å²) in [5, 5.41) is 2.13. The molecule has 0 spiro atoms. The molecule has 0 aromatic heterocycles. The third-order valence-electron chi connectivity index (χ3n) is 4.59. The number of rotatable bonds is 6. The first kappa shape index (κ1) is 18.2. The van der Waals surface area contributed by atoms with E-state index in [0.29, 0.717) is 35.1 Å². The first-order chi connectivity index (χ1) is 13.5. The minimum Gasteiger partial charge on any atom is -0.492 e. The maximum atomic E-state index is 12.3. The number of ether oxygens (including phenoxy) is 1. The zero-order chi connectivity index (χ0) is 19.7. The van der Waals surface area contributed by atoms with Crippen LogP contribution in [-0.2, 0) is 11.2 Å². The van der Waals surface area contributed by atoms with Crippen molar-refractivity contribution in [2.45, 2.75) is 12.5 Å². The highest BCUT2D eigenvalue weighted by molar-refractivity contribution is 8.26. The van der Waals surface area contributed by atoms with Crippen molar-refractivity contribution in [3.05, 3.63) is 65.2 Å². The van der Waals surface area contributed by atoms with Crippen molar-refractivity contribution in [1.29, 1.82) is 0 Å². The molecular weight excluding hydrogens is 380 g/mol. The van der Waals surface area contributed by atoms with Crippen LogP contribution in [0.2, 0.25) is 0 Å². The summed E-state index contributed by atoms with van der Waals surface area (Å²) in [5.41, 5.74) is 1.74. The van der Waals surface area contributed by atoms with Crippen LogP contribution < -0.4 is 10.1 Å². The monoisotopic (exact) mass is 396 g/mol. The second-order valence-electron chi connectivity index (χ2n) is 6.41. The van der Waals surface area contributed by atoms with Crippen molar-refractivity contribution < 1.29 is 23.9 Å². The second kappa shape index (κ2) is 7.47. The van der Waals surface area contributed by atoms with Crippen LogP contribution in [0.15, 0.2) is 48.5 Å². The van der Waals surface area contributed by atoms with Gasteiger partial charge in [-0.2, -0.15) is 0 Å². The van der Waals surface area contributed by atoms with E-state index in [-0.39, 0.29) is 35.3 Å². The Morgan fingerprint density at radius 1 is 0.929 bits per heavy atom. The Morgan fingerprint density at radius 2 is 1.57 bits per heavy atom. The Bertz CT molecular complexity index is 938. The number of amides is 3. The third kappa shape index (κ3) is 3.50. The van der Waals surface area contributed by atoms with Gasteiger partial charge in [-0.3, -0.25) is 24.1 Å². The lowest BCUT2D eigenvalue weighted by Crippen LogP contribution is -2.33. The zero-order valence-corrected chi connectivity index (χ0v) is 15.5. The molecule has 0 bridgehead atoms. The van der Waals surface area contributed by atoms with Crippen LogP contribution >= 0.6 is 11.8 Å². The predicted molar refractivity (Wildman–Crippen MR) is 102 cm³/mol. The molecule has 3 amide bonds. The number of hydrogen-bond acceptors (Lipinski definition) is 6. The number of imide groups is 1. The van der Waals surface area contributed by atoms with Crippen LogP contribution in [0.4, 0.5) is 4.79 Å². The molecule has 1 saturated heterocycles. The molecule has 2 aromatic rings. The molecule has 28 heavy (non-hydrogen) atoms. The summed E-state index contributed by atoms with van der Waals surface area (Å²) >= 11 is 0.697. The van der Waals surface area contributed by atoms with Crippen LogP contribution in [0, 0.1) is 0 Å². The smallest absolute Gasteiger partial charge is 0.287 e. The van der Waals surface area contributed by atoms with Crippen molar-refractivity contribution in [1.82, 2.24) is 10.2 Å². The number of hydrogen-bond donors (Lipinski definition) is 1. The third-order valence-corrected chi connectivity index (χ3v) is 5.38. The van der Waals surface area contributed by atoms with E-state index in [2.05, 4.69) is 5.32 Å². The molecule has 1 fully saturated rings. The van der Waals surface area contributed by atoms with E-state index in [9.17, 15) is 19.2 Å². The number of fused-ring (bicyclic) bond motifs is 1. The minimum atomic E-state index is -0.502. The molecule has 0 radical (unpaired) electrons. The van der Waals surface area contributed by atoms with E-state index in [0.717, 1.165) is 5.56 Å². The van der Waals surface area contributed by atoms with Gasteiger partial charge in [0.15, 0.2) is 0 Å². The van der Waals surface area contributed by atoms with Gasteiger partial charge in [0.25, 0.3) is 17.1 Å². The molecule has 1 N–H and O–H groups in total. The summed E-state index contributed by atoms with van der Waals surface area (Å²) in [6.45, 7) is 0.340. The standard InChI is InChI=1S/C20H16N2O5S/c23-17-14-3-1-2-4-15(14)18(24)22(17)9-10-27-13-7-5-12(6-8-13)11-16-19(25)28-20(26)21-16/h1-8,16H,9-11H2,(H,21,26). The topological polar surface area (TPSA) is 92.8 Å². The molecule has 7 nitrogen and oxygen atoms in total. The van der Waals surface area contributed by atoms with Crippen molar-refractivity contribution in [3.63, 3.8) is 0 Å². The van der Waals surface area contributed by atoms with Gasteiger partial charge in [0.05, 0.1) is 17.7 Å². The van der Waals surface area contributed by atoms with Gasteiger partial charge in [0, 0.05) is 18.2 Å². The van der Waals surface area contributed by atoms with Crippen molar-refractivity contribution in [2.24, 2.45) is 0 Å². The maximum Gasteiger partial charge on any atom is 0.287 e. The van der Waals surface area contributed by atoms with E-state index < -0.39 is 6.04 Å². The Kier molecular flexibility index (Phi) is 4.87. The summed E-state index contributed by atoms with van der Waals surface area (Å²) in [6, 6.07) is 13.4. The van der Waals surface area contributed by atoms with E-state index in [1.165, 1.54) is 4.90 Å². The van der Waals surface area contributed by atoms with Crippen LogP contribution in [0.1, 0.15) is 26.3 Å². The summed E-state index contributed by atoms with van der Waals surface area (Å²) in [6.07, 6.45) is 0.424. The van der Waals surface area contributed by atoms with Gasteiger partial charge in [-0.15, -0.1) is 0 Å². The number of carbonyl (C=O) groups excluding carboxylic acids is 4. The second-order valence-corrected chi connectivity index (χ2v) is 7.39. The van der Waals surface area contributed by atoms with Gasteiger partial charge in [-0.05, 0) is 29.8 Å². The molecule has 1 unspecified atom stereocenters. The SMILES string of the molecule is O=C1NC(Cc2ccc(OCCN3C(=O)c4ccccc4C3=O)cc2)C(=O)S1. The highest BCUT2D eigenvalue weighted by Crippen LogP contribution is 2.23. The first-order valence-corrected chi connectivity index (χ1v) is 9.54. The summed E-state index contributed by atoms with van der Waals surface area (Å²) in [7, 11) is 0. The average Bonchev–Trinajstić information content (AvgIpc) is 3.14. The lowest BCUT2D eigenvalue weighted by molar-refractivity contribution is -0.112. The molecule has 4 rings (SSSR count). The maximum absolute atomic E-state index is 12.3. The molecular formula is C20H16N2O5S. The molecule has 2 aliphatic rings. The lowest BCUT2D eigenvalue weighted by Gasteiger charge is -2.14. The molecule has 2 heterocycles. The largest absolute Gasteiger partial charge is 0.492 e. The Labute approximate surface area is 165 Å². The van der Waals surface area contributed by atoms with E-state index in [1.54, 1.807) is 36.4 Å². The number of benzene rings is 2. The Hall–Kier alpha value is -3.13. The van der Waals surface area contributed by atoms with E-state index >= 15 is 0 Å². The molecule has 0 aliphatic carbocycles. The van der Waals surface area contributed by atoms with Gasteiger partial charge in [0.2, 0.25) is 5.12 Å². The normalized spacial score (nSPS) is 18.4. The van der Waals surface area contributed by atoms with Crippen LogP contribution in [0.25, 0.3) is 0 Å². The molecule has 2 aromatic carbocycles. The molecule has 0 saturated carbocycles. The summed E-state index contributed by atoms with van der Waals surface area (Å²) in [5.74, 6) is -0.0158. The first-order valence-electron chi connectivity index (χ1n) is 8.72. The van der Waals surface area contributed by atoms with Crippen LogP contribution in [0.3, 0.4) is 0 Å². The fourth-order valence-electron chi connectivity index (χ4n) is 3.18. The Balaban J connectivity index is 1.30. The molecule has 1 atom stereocenters. The summed E-state index contributed by atoms with van der Waals surface area (Å²) in [4.78, 5) is 48.6. The fourth-order valence-corrected chi connectivity index (χ4v) is 3.85.